The van der Waals surface area contributed by atoms with Crippen LogP contribution in [0, 0.1) is 0 Å². The Morgan fingerprint density at radius 2 is 0.714 bits per heavy atom. The van der Waals surface area contributed by atoms with Crippen molar-refractivity contribution < 1.29 is 43.7 Å². The Hall–Kier alpha value is -2.95. The topological polar surface area (TPSA) is 146 Å². The molecule has 1 aliphatic heterocycles. The van der Waals surface area contributed by atoms with Crippen LogP contribution in [-0.2, 0) is 18.3 Å². The number of ether oxygens (including phenoxy) is 1. The van der Waals surface area contributed by atoms with E-state index in [1.54, 1.807) is 6.92 Å². The molecule has 1 rings (SSSR count). The number of hydrogen-bond donors (Lipinski definition) is 5. The third kappa shape index (κ3) is 32.9. The highest BCUT2D eigenvalue weighted by atomic mass is 31.2. The quantitative estimate of drug-likeness (QED) is 0.0309. The molecule has 0 bridgehead atoms. The van der Waals surface area contributed by atoms with Gasteiger partial charge >= 0.3 is 7.82 Å². The molecule has 1 saturated heterocycles. The lowest BCUT2D eigenvalue weighted by atomic mass is 10.00. The molecule has 5 N–H and O–H groups in total. The molecule has 398 valence electrons. The number of hydrogen-bond acceptors (Lipinski definition) is 8. The van der Waals surface area contributed by atoms with Crippen molar-refractivity contribution in [2.45, 2.75) is 236 Å². The van der Waals surface area contributed by atoms with Crippen LogP contribution >= 0.6 is 7.82 Å². The molecule has 1 heterocycles. The lowest BCUT2D eigenvalue weighted by molar-refractivity contribution is -0.281. The van der Waals surface area contributed by atoms with Gasteiger partial charge in [-0.05, 0) is 205 Å². The summed E-state index contributed by atoms with van der Waals surface area (Å²) in [5, 5.41) is 39.1. The van der Waals surface area contributed by atoms with E-state index in [1.165, 1.54) is 68.6 Å². The fourth-order valence-electron chi connectivity index (χ4n) is 7.90. The van der Waals surface area contributed by atoms with Gasteiger partial charge in [-0.2, -0.15) is 0 Å². The summed E-state index contributed by atoms with van der Waals surface area (Å²) in [6, 6.07) is 0. The van der Waals surface area contributed by atoms with Crippen LogP contribution in [0.15, 0.2) is 128 Å². The van der Waals surface area contributed by atoms with Gasteiger partial charge in [0.15, 0.2) is 6.29 Å². The lowest BCUT2D eigenvalue weighted by Crippen LogP contribution is -2.58. The minimum Gasteiger partial charge on any atom is -0.394 e. The second kappa shape index (κ2) is 37.7. The number of aliphatic hydroxyl groups is 4. The molecule has 0 radical (unpaired) electrons. The smallest absolute Gasteiger partial charge is 0.394 e. The molecule has 0 aromatic rings. The monoisotopic (exact) mass is 995 g/mol. The molecule has 1 aliphatic rings. The molecule has 0 amide bonds. The first-order valence-corrected chi connectivity index (χ1v) is 27.8. The highest BCUT2D eigenvalue weighted by Crippen LogP contribution is 2.46. The average molecular weight is 995 g/mol. The Balaban J connectivity index is 2.28. The predicted molar refractivity (Wildman–Crippen MR) is 295 cm³/mol. The number of phosphoric acid groups is 1. The molecule has 70 heavy (non-hydrogen) atoms. The van der Waals surface area contributed by atoms with Gasteiger partial charge in [-0.15, -0.1) is 0 Å². The summed E-state index contributed by atoms with van der Waals surface area (Å²) < 4.78 is 27.5. The van der Waals surface area contributed by atoms with E-state index in [4.69, 9.17) is 13.8 Å². The van der Waals surface area contributed by atoms with E-state index in [2.05, 4.69) is 137 Å². The Labute approximate surface area is 427 Å². The number of rotatable bonds is 35. The predicted octanol–water partition coefficient (Wildman–Crippen LogP) is 15.8. The van der Waals surface area contributed by atoms with Crippen LogP contribution in [0.2, 0.25) is 0 Å². The van der Waals surface area contributed by atoms with Gasteiger partial charge in [0.2, 0.25) is 0 Å². The van der Waals surface area contributed by atoms with Gasteiger partial charge in [0.1, 0.15) is 24.4 Å². The minimum absolute atomic E-state index is 0.198. The van der Waals surface area contributed by atoms with Crippen molar-refractivity contribution in [2.75, 3.05) is 13.2 Å². The summed E-state index contributed by atoms with van der Waals surface area (Å²) >= 11 is 0. The van der Waals surface area contributed by atoms with Crippen molar-refractivity contribution in [1.29, 1.82) is 0 Å². The molecule has 0 spiro atoms. The molecule has 0 aromatic heterocycles. The number of allylic oxidation sites excluding steroid dienone is 21. The van der Waals surface area contributed by atoms with Crippen molar-refractivity contribution in [1.82, 2.24) is 0 Å². The molecular weight excluding hydrogens is 896 g/mol. The second-order valence-corrected chi connectivity index (χ2v) is 21.8. The van der Waals surface area contributed by atoms with Gasteiger partial charge in [0, 0.05) is 0 Å². The van der Waals surface area contributed by atoms with Crippen molar-refractivity contribution in [3.63, 3.8) is 0 Å². The zero-order chi connectivity index (χ0) is 52.5. The van der Waals surface area contributed by atoms with Crippen molar-refractivity contribution >= 4 is 7.82 Å². The maximum absolute atomic E-state index is 12.4. The largest absolute Gasteiger partial charge is 0.474 e. The van der Waals surface area contributed by atoms with Gasteiger partial charge in [-0.25, -0.2) is 4.57 Å². The summed E-state index contributed by atoms with van der Waals surface area (Å²) in [7, 11) is -4.69. The van der Waals surface area contributed by atoms with Crippen LogP contribution in [0.25, 0.3) is 0 Å². The van der Waals surface area contributed by atoms with Gasteiger partial charge in [0.25, 0.3) is 0 Å². The van der Waals surface area contributed by atoms with Gasteiger partial charge in [0.05, 0.1) is 13.2 Å². The third-order valence-corrected chi connectivity index (χ3v) is 13.7. The van der Waals surface area contributed by atoms with Crippen LogP contribution in [0.1, 0.15) is 205 Å². The molecule has 0 saturated carbocycles. The molecule has 9 nitrogen and oxygen atoms in total. The van der Waals surface area contributed by atoms with Crippen LogP contribution in [-0.4, -0.2) is 69.2 Å². The van der Waals surface area contributed by atoms with E-state index < -0.39 is 45.1 Å². The standard InChI is InChI=1S/C60H99O9P/c1-45(2)23-13-24-46(3)25-14-26-47(4)27-15-28-48(5)29-16-30-49(6)31-17-32-50(7)33-18-34-51(8)35-19-36-52(9)37-20-38-53(10)39-21-40-54(11)41-22-42-55(12)44-67-70(65,66)69-60-59(64)58(63)57(62)56(43-61)68-60/h23,25,27,29,31,33,35,37,39,41-42,56-64H,13-22,24,26,28,30,32,34,36,38,40,43-44H2,1-12H3,(H,65,66)/b46-25+,47-27+,48-29+,49-31+,50-33+,51-35+,52-37+,53-39+,54-41+,55-42+/t56-,57-,58+,59+,60+/m1/s1. The minimum atomic E-state index is -4.69. The summed E-state index contributed by atoms with van der Waals surface area (Å²) in [6.07, 6.45) is 38.1. The number of aliphatic hydroxyl groups excluding tert-OH is 4. The van der Waals surface area contributed by atoms with Gasteiger partial charge in [-0.3, -0.25) is 9.05 Å². The fourth-order valence-corrected chi connectivity index (χ4v) is 8.76. The first kappa shape index (κ1) is 65.1. The molecule has 1 unspecified atom stereocenters. The Morgan fingerprint density at radius 1 is 0.429 bits per heavy atom. The third-order valence-electron chi connectivity index (χ3n) is 12.8. The Morgan fingerprint density at radius 3 is 1.01 bits per heavy atom. The molecular formula is C60H99O9P. The molecule has 0 aromatic carbocycles. The fraction of sp³-hybridized carbons (Fsp3) is 0.633. The second-order valence-electron chi connectivity index (χ2n) is 20.4. The summed E-state index contributed by atoms with van der Waals surface area (Å²) in [5.74, 6) is 0. The zero-order valence-electron chi connectivity index (χ0n) is 45.9. The van der Waals surface area contributed by atoms with Crippen LogP contribution in [0.5, 0.6) is 0 Å². The summed E-state index contributed by atoms with van der Waals surface area (Å²) in [4.78, 5) is 10.1. The lowest BCUT2D eigenvalue weighted by Gasteiger charge is -2.39. The molecule has 10 heteroatoms. The Bertz CT molecular complexity index is 1910. The van der Waals surface area contributed by atoms with Crippen molar-refractivity contribution in [3.8, 4) is 0 Å². The van der Waals surface area contributed by atoms with Crippen LogP contribution < -0.4 is 0 Å². The van der Waals surface area contributed by atoms with Crippen molar-refractivity contribution in [2.24, 2.45) is 0 Å². The van der Waals surface area contributed by atoms with Crippen LogP contribution in [0.3, 0.4) is 0 Å². The zero-order valence-corrected chi connectivity index (χ0v) is 46.8. The normalized spacial score (nSPS) is 21.9. The molecule has 6 atom stereocenters. The highest BCUT2D eigenvalue weighted by molar-refractivity contribution is 7.47. The van der Waals surface area contributed by atoms with Crippen molar-refractivity contribution in [3.05, 3.63) is 128 Å². The van der Waals surface area contributed by atoms with Crippen LogP contribution in [0.4, 0.5) is 0 Å². The van der Waals surface area contributed by atoms with Gasteiger partial charge in [-0.1, -0.05) is 128 Å². The van der Waals surface area contributed by atoms with E-state index in [9.17, 15) is 29.9 Å². The van der Waals surface area contributed by atoms with E-state index >= 15 is 0 Å². The molecule has 1 fully saturated rings. The summed E-state index contributed by atoms with van der Waals surface area (Å²) in [5.41, 5.74) is 15.2. The maximum atomic E-state index is 12.4. The average Bonchev–Trinajstić information content (AvgIpc) is 3.28. The highest BCUT2D eigenvalue weighted by Gasteiger charge is 2.46. The summed E-state index contributed by atoms with van der Waals surface area (Å²) in [6.45, 7) is 25.4. The SMILES string of the molecule is CC(C)=CCC/C(C)=C/CC/C(C)=C/CC/C(C)=C/CC/C(C)=C/CC/C(C)=C/CC/C(C)=C/CC/C(C)=C/CC/C(C)=C/CC/C(C)=C/C/C=C(\C)COP(=O)(O)O[C@@H]1O[C@H](CO)[C@@H](O)[C@H](O)[C@@H]1O. The Kier molecular flexibility index (Phi) is 35.1. The van der Waals surface area contributed by atoms with E-state index in [0.717, 1.165) is 103 Å². The van der Waals surface area contributed by atoms with E-state index in [-0.39, 0.29) is 6.61 Å². The van der Waals surface area contributed by atoms with E-state index in [1.807, 2.05) is 6.08 Å². The van der Waals surface area contributed by atoms with Gasteiger partial charge < -0.3 is 30.1 Å². The first-order chi connectivity index (χ1) is 33.1. The maximum Gasteiger partial charge on any atom is 0.474 e. The molecule has 0 aliphatic carbocycles. The number of phosphoric ester groups is 1. The first-order valence-electron chi connectivity index (χ1n) is 26.3. The van der Waals surface area contributed by atoms with E-state index in [0.29, 0.717) is 12.0 Å².